The first-order chi connectivity index (χ1) is 13.2. The Hall–Kier alpha value is -2.82. The zero-order valence-corrected chi connectivity index (χ0v) is 17.3. The first-order valence-corrected chi connectivity index (χ1v) is 9.42. The lowest BCUT2D eigenvalue weighted by molar-refractivity contribution is -0.117. The predicted molar refractivity (Wildman–Crippen MR) is 111 cm³/mol. The third-order valence-electron chi connectivity index (χ3n) is 4.21. The SMILES string of the molecule is COc1ccc(N(C(=O)OC(C)(C)C)[C@@H](CCC(C)=O)c2ccccc2)cc1. The molecule has 0 unspecified atom stereocenters. The standard InChI is InChI=1S/C23H29NO4/c1-17(25)11-16-21(18-9-7-6-8-10-18)24(22(26)28-23(2,3)4)19-12-14-20(27-5)15-13-19/h6-10,12-15,21H,11,16H2,1-5H3/t21-/m0/s1. The molecule has 5 heteroatoms. The van der Waals surface area contributed by atoms with Crippen LogP contribution in [0.1, 0.15) is 52.1 Å². The Bertz CT molecular complexity index is 778. The molecule has 0 aromatic heterocycles. The van der Waals surface area contributed by atoms with E-state index < -0.39 is 11.7 Å². The predicted octanol–water partition coefficient (Wildman–Crippen LogP) is 5.55. The summed E-state index contributed by atoms with van der Waals surface area (Å²) in [5.41, 5.74) is 1.00. The van der Waals surface area contributed by atoms with Gasteiger partial charge in [-0.05, 0) is 63.9 Å². The number of ketones is 1. The van der Waals surface area contributed by atoms with E-state index in [9.17, 15) is 9.59 Å². The maximum absolute atomic E-state index is 13.2. The lowest BCUT2D eigenvalue weighted by Gasteiger charge is -2.34. The summed E-state index contributed by atoms with van der Waals surface area (Å²) in [6, 6.07) is 16.6. The summed E-state index contributed by atoms with van der Waals surface area (Å²) >= 11 is 0. The number of carbonyl (C=O) groups excluding carboxylic acids is 2. The van der Waals surface area contributed by atoms with Crippen molar-refractivity contribution in [1.29, 1.82) is 0 Å². The monoisotopic (exact) mass is 383 g/mol. The van der Waals surface area contributed by atoms with E-state index in [1.165, 1.54) is 0 Å². The Morgan fingerprint density at radius 3 is 2.11 bits per heavy atom. The van der Waals surface area contributed by atoms with Gasteiger partial charge in [0, 0.05) is 12.1 Å². The second kappa shape index (κ2) is 9.40. The van der Waals surface area contributed by atoms with Crippen molar-refractivity contribution < 1.29 is 19.1 Å². The fourth-order valence-corrected chi connectivity index (χ4v) is 2.93. The summed E-state index contributed by atoms with van der Waals surface area (Å²) < 4.78 is 10.9. The van der Waals surface area contributed by atoms with Gasteiger partial charge >= 0.3 is 6.09 Å². The summed E-state index contributed by atoms with van der Waals surface area (Å²) in [5, 5.41) is 0. The number of amides is 1. The molecular formula is C23H29NO4. The van der Waals surface area contributed by atoms with E-state index in [1.807, 2.05) is 63.2 Å². The number of Topliss-reactive ketones (excluding diaryl/α,β-unsaturated/α-hetero) is 1. The fourth-order valence-electron chi connectivity index (χ4n) is 2.93. The number of methoxy groups -OCH3 is 1. The summed E-state index contributed by atoms with van der Waals surface area (Å²) in [5.74, 6) is 0.785. The van der Waals surface area contributed by atoms with E-state index in [0.717, 1.165) is 5.56 Å². The van der Waals surface area contributed by atoms with E-state index >= 15 is 0 Å². The molecule has 2 rings (SSSR count). The molecule has 0 heterocycles. The zero-order chi connectivity index (χ0) is 20.7. The van der Waals surface area contributed by atoms with Gasteiger partial charge < -0.3 is 14.3 Å². The number of ether oxygens (including phenoxy) is 2. The van der Waals surface area contributed by atoms with Crippen LogP contribution in [0.4, 0.5) is 10.5 Å². The van der Waals surface area contributed by atoms with Crippen LogP contribution >= 0.6 is 0 Å². The van der Waals surface area contributed by atoms with Crippen molar-refractivity contribution in [2.24, 2.45) is 0 Å². The third-order valence-corrected chi connectivity index (χ3v) is 4.21. The molecule has 0 radical (unpaired) electrons. The van der Waals surface area contributed by atoms with Crippen LogP contribution in [0.15, 0.2) is 54.6 Å². The number of benzene rings is 2. The number of nitrogens with zero attached hydrogens (tertiary/aromatic N) is 1. The van der Waals surface area contributed by atoms with E-state index in [0.29, 0.717) is 24.3 Å². The molecule has 0 saturated heterocycles. The second-order valence-electron chi connectivity index (χ2n) is 7.72. The van der Waals surface area contributed by atoms with Gasteiger partial charge in [0.1, 0.15) is 17.1 Å². The highest BCUT2D eigenvalue weighted by molar-refractivity contribution is 5.89. The molecule has 0 aliphatic heterocycles. The second-order valence-corrected chi connectivity index (χ2v) is 7.72. The molecule has 0 bridgehead atoms. The Balaban J connectivity index is 2.50. The minimum absolute atomic E-state index is 0.0831. The molecule has 28 heavy (non-hydrogen) atoms. The number of anilines is 1. The Morgan fingerprint density at radius 2 is 1.61 bits per heavy atom. The average molecular weight is 383 g/mol. The van der Waals surface area contributed by atoms with E-state index in [-0.39, 0.29) is 11.8 Å². The maximum Gasteiger partial charge on any atom is 0.415 e. The van der Waals surface area contributed by atoms with Crippen LogP contribution in [0.25, 0.3) is 0 Å². The minimum atomic E-state index is -0.635. The number of rotatable bonds is 7. The number of hydrogen-bond donors (Lipinski definition) is 0. The van der Waals surface area contributed by atoms with Gasteiger partial charge in [-0.1, -0.05) is 30.3 Å². The molecule has 0 N–H and O–H groups in total. The summed E-state index contributed by atoms with van der Waals surface area (Å²) in [6.07, 6.45) is 0.426. The molecule has 1 atom stereocenters. The molecule has 5 nitrogen and oxygen atoms in total. The molecule has 0 aliphatic rings. The van der Waals surface area contributed by atoms with E-state index in [1.54, 1.807) is 31.1 Å². The van der Waals surface area contributed by atoms with Gasteiger partial charge in [0.2, 0.25) is 0 Å². The van der Waals surface area contributed by atoms with Gasteiger partial charge in [-0.2, -0.15) is 0 Å². The molecule has 1 amide bonds. The Labute approximate surface area is 167 Å². The summed E-state index contributed by atoms with van der Waals surface area (Å²) in [7, 11) is 1.60. The van der Waals surface area contributed by atoms with Crippen LogP contribution in [-0.4, -0.2) is 24.6 Å². The van der Waals surface area contributed by atoms with Crippen molar-refractivity contribution in [2.45, 2.75) is 52.2 Å². The van der Waals surface area contributed by atoms with E-state index in [2.05, 4.69) is 0 Å². The highest BCUT2D eigenvalue weighted by Crippen LogP contribution is 2.33. The first kappa shape index (κ1) is 21.5. The third kappa shape index (κ3) is 6.12. The minimum Gasteiger partial charge on any atom is -0.497 e. The normalized spacial score (nSPS) is 12.2. The van der Waals surface area contributed by atoms with Crippen LogP contribution in [0.5, 0.6) is 5.75 Å². The Morgan fingerprint density at radius 1 is 1.00 bits per heavy atom. The van der Waals surface area contributed by atoms with Gasteiger partial charge in [0.25, 0.3) is 0 Å². The van der Waals surface area contributed by atoms with E-state index in [4.69, 9.17) is 9.47 Å². The van der Waals surface area contributed by atoms with Crippen LogP contribution < -0.4 is 9.64 Å². The highest BCUT2D eigenvalue weighted by Gasteiger charge is 2.31. The molecule has 0 fully saturated rings. The van der Waals surface area contributed by atoms with Gasteiger partial charge in [-0.3, -0.25) is 4.90 Å². The lowest BCUT2D eigenvalue weighted by Crippen LogP contribution is -2.39. The summed E-state index contributed by atoms with van der Waals surface area (Å²) in [4.78, 5) is 26.5. The maximum atomic E-state index is 13.2. The smallest absolute Gasteiger partial charge is 0.415 e. The lowest BCUT2D eigenvalue weighted by atomic mass is 9.98. The molecular weight excluding hydrogens is 354 g/mol. The van der Waals surface area contributed by atoms with Crippen molar-refractivity contribution in [3.8, 4) is 5.75 Å². The zero-order valence-electron chi connectivity index (χ0n) is 17.3. The summed E-state index contributed by atoms with van der Waals surface area (Å²) in [6.45, 7) is 7.08. The molecule has 0 spiro atoms. The fraction of sp³-hybridized carbons (Fsp3) is 0.391. The number of carbonyl (C=O) groups is 2. The van der Waals surface area contributed by atoms with Crippen molar-refractivity contribution in [3.63, 3.8) is 0 Å². The highest BCUT2D eigenvalue weighted by atomic mass is 16.6. The molecule has 150 valence electrons. The van der Waals surface area contributed by atoms with Crippen molar-refractivity contribution in [2.75, 3.05) is 12.0 Å². The van der Waals surface area contributed by atoms with Gasteiger partial charge in [0.05, 0.1) is 13.2 Å². The largest absolute Gasteiger partial charge is 0.497 e. The van der Waals surface area contributed by atoms with Gasteiger partial charge in [-0.25, -0.2) is 4.79 Å². The van der Waals surface area contributed by atoms with Crippen LogP contribution in [0.2, 0.25) is 0 Å². The molecule has 2 aromatic carbocycles. The van der Waals surface area contributed by atoms with Gasteiger partial charge in [0.15, 0.2) is 0 Å². The van der Waals surface area contributed by atoms with Crippen molar-refractivity contribution in [3.05, 3.63) is 60.2 Å². The van der Waals surface area contributed by atoms with Crippen LogP contribution in [0.3, 0.4) is 0 Å². The quantitative estimate of drug-likeness (QED) is 0.629. The van der Waals surface area contributed by atoms with Gasteiger partial charge in [-0.15, -0.1) is 0 Å². The van der Waals surface area contributed by atoms with Crippen LogP contribution in [0, 0.1) is 0 Å². The molecule has 0 aliphatic carbocycles. The topological polar surface area (TPSA) is 55.8 Å². The Kier molecular flexibility index (Phi) is 7.21. The average Bonchev–Trinajstić information content (AvgIpc) is 2.64. The number of hydrogen-bond acceptors (Lipinski definition) is 4. The van der Waals surface area contributed by atoms with Crippen molar-refractivity contribution in [1.82, 2.24) is 0 Å². The van der Waals surface area contributed by atoms with Crippen molar-refractivity contribution >= 4 is 17.6 Å². The molecule has 0 saturated carbocycles. The van der Waals surface area contributed by atoms with Crippen LogP contribution in [-0.2, 0) is 9.53 Å². The first-order valence-electron chi connectivity index (χ1n) is 9.42. The molecule has 2 aromatic rings.